The van der Waals surface area contributed by atoms with Crippen molar-refractivity contribution in [2.75, 3.05) is 13.7 Å². The summed E-state index contributed by atoms with van der Waals surface area (Å²) in [6, 6.07) is 10.0. The fourth-order valence-electron chi connectivity index (χ4n) is 4.78. The molecule has 2 heterocycles. The fourth-order valence-corrected chi connectivity index (χ4v) is 8.11. The van der Waals surface area contributed by atoms with Crippen molar-refractivity contribution >= 4 is 27.9 Å². The van der Waals surface area contributed by atoms with Gasteiger partial charge in [-0.05, 0) is 0 Å². The summed E-state index contributed by atoms with van der Waals surface area (Å²) in [5.41, 5.74) is 1.31. The zero-order valence-electron chi connectivity index (χ0n) is 16.0. The normalized spacial score (nSPS) is 29.4. The molecule has 4 heteroatoms. The molecule has 2 bridgehead atoms. The Kier molecular flexibility index (Phi) is 5.64. The molecular weight excluding hydrogens is 417 g/mol. The van der Waals surface area contributed by atoms with E-state index in [1.54, 1.807) is 3.58 Å². The van der Waals surface area contributed by atoms with Crippen molar-refractivity contribution < 1.29 is 9.53 Å². The average Bonchev–Trinajstić information content (AvgIpc) is 2.85. The topological polar surface area (TPSA) is 29.5 Å². The van der Waals surface area contributed by atoms with Gasteiger partial charge in [-0.2, -0.15) is 0 Å². The van der Waals surface area contributed by atoms with Crippen molar-refractivity contribution in [2.45, 2.75) is 52.1 Å². The molecule has 0 spiro atoms. The first-order chi connectivity index (χ1) is 11.9. The van der Waals surface area contributed by atoms with Crippen molar-refractivity contribution in [2.24, 2.45) is 5.92 Å². The van der Waals surface area contributed by atoms with Crippen LogP contribution in [0.3, 0.4) is 0 Å². The van der Waals surface area contributed by atoms with Crippen LogP contribution in [0.4, 0.5) is 0 Å². The van der Waals surface area contributed by atoms with Gasteiger partial charge < -0.3 is 0 Å². The summed E-state index contributed by atoms with van der Waals surface area (Å²) in [4.78, 5) is 22.4. The Morgan fingerprint density at radius 2 is 1.96 bits per heavy atom. The molecule has 0 aromatic heterocycles. The quantitative estimate of drug-likeness (QED) is 0.393. The average molecular weight is 448 g/mol. The molecule has 3 rings (SSSR count). The number of nitrogens with zero attached hydrogens (tertiary/aromatic N) is 1. The Labute approximate surface area is 156 Å². The van der Waals surface area contributed by atoms with Crippen LogP contribution in [-0.2, 0) is 9.53 Å². The third-order valence-corrected chi connectivity index (χ3v) is 12.0. The zero-order chi connectivity index (χ0) is 18.2. The third-order valence-electron chi connectivity index (χ3n) is 6.08. The maximum absolute atomic E-state index is 12.7. The molecule has 2 fully saturated rings. The fraction of sp³-hybridized carbons (Fsp3) is 0.571. The van der Waals surface area contributed by atoms with Gasteiger partial charge in [0.2, 0.25) is 0 Å². The molecule has 0 N–H and O–H groups in total. The van der Waals surface area contributed by atoms with Crippen LogP contribution in [0.25, 0.3) is 0 Å². The number of rotatable bonds is 5. The number of piperidine rings is 1. The predicted molar refractivity (Wildman–Crippen MR) is 106 cm³/mol. The van der Waals surface area contributed by atoms with Gasteiger partial charge in [0.1, 0.15) is 0 Å². The number of carbonyl (C=O) groups is 1. The molecule has 3 nitrogen and oxygen atoms in total. The van der Waals surface area contributed by atoms with Crippen LogP contribution in [0.1, 0.15) is 30.7 Å². The van der Waals surface area contributed by atoms with Crippen molar-refractivity contribution in [3.63, 3.8) is 0 Å². The van der Waals surface area contributed by atoms with Crippen molar-refractivity contribution in [1.82, 2.24) is 4.90 Å². The summed E-state index contributed by atoms with van der Waals surface area (Å²) < 4.78 is 6.76. The van der Waals surface area contributed by atoms with Crippen LogP contribution in [-0.4, -0.2) is 55.0 Å². The third kappa shape index (κ3) is 3.68. The summed E-state index contributed by atoms with van der Waals surface area (Å²) in [6.45, 7) is 4.77. The molecule has 4 unspecified atom stereocenters. The van der Waals surface area contributed by atoms with E-state index < -0.39 is 18.4 Å². The van der Waals surface area contributed by atoms with Crippen LogP contribution in [0.2, 0.25) is 14.8 Å². The molecule has 25 heavy (non-hydrogen) atoms. The second-order valence-corrected chi connectivity index (χ2v) is 23.0. The molecule has 0 amide bonds. The Morgan fingerprint density at radius 3 is 2.52 bits per heavy atom. The number of benzene rings is 1. The number of methoxy groups -OCH3 is 1. The molecule has 2 aliphatic rings. The monoisotopic (exact) mass is 449 g/mol. The number of esters is 1. The molecule has 2 aliphatic heterocycles. The standard InChI is InChI=1S/C18H22NO2.3CH3.Sn/c1-3-11-19-14-9-10-16(19)17(18(20)21-2)15(12-14)13-7-5-4-6-8-13;;;;/h3,5-8,14-17H,1,9-12H2,2H3;3*1H3;. The first-order valence-electron chi connectivity index (χ1n) is 9.41. The summed E-state index contributed by atoms with van der Waals surface area (Å²) in [5, 5.41) is 0. The Bertz CT molecular complexity index is 634. The van der Waals surface area contributed by atoms with E-state index in [4.69, 9.17) is 4.74 Å². The van der Waals surface area contributed by atoms with Gasteiger partial charge in [0.25, 0.3) is 0 Å². The number of fused-ring (bicyclic) bond motifs is 2. The molecule has 0 radical (unpaired) electrons. The Hall–Kier alpha value is -0.811. The molecule has 1 aromatic carbocycles. The van der Waals surface area contributed by atoms with Crippen molar-refractivity contribution in [3.8, 4) is 0 Å². The molecule has 1 aromatic rings. The first kappa shape index (κ1) is 19.0. The van der Waals surface area contributed by atoms with Crippen LogP contribution < -0.4 is 3.58 Å². The van der Waals surface area contributed by atoms with Crippen LogP contribution in [0.5, 0.6) is 0 Å². The van der Waals surface area contributed by atoms with E-state index in [0.29, 0.717) is 6.04 Å². The first-order valence-corrected chi connectivity index (χ1v) is 19.4. The van der Waals surface area contributed by atoms with Gasteiger partial charge in [-0.3, -0.25) is 0 Å². The van der Waals surface area contributed by atoms with E-state index in [-0.39, 0.29) is 23.8 Å². The number of hydrogen-bond donors (Lipinski definition) is 0. The van der Waals surface area contributed by atoms with Crippen LogP contribution >= 0.6 is 0 Å². The summed E-state index contributed by atoms with van der Waals surface area (Å²) in [6.07, 6.45) is 5.28. The van der Waals surface area contributed by atoms with Gasteiger partial charge in [-0.25, -0.2) is 0 Å². The predicted octanol–water partition coefficient (Wildman–Crippen LogP) is 3.53. The second kappa shape index (κ2) is 7.43. The van der Waals surface area contributed by atoms with Gasteiger partial charge in [0.05, 0.1) is 0 Å². The van der Waals surface area contributed by atoms with E-state index in [2.05, 4.69) is 50.6 Å². The van der Waals surface area contributed by atoms with Gasteiger partial charge in [-0.15, -0.1) is 0 Å². The maximum atomic E-state index is 12.7. The van der Waals surface area contributed by atoms with E-state index in [1.807, 2.05) is 6.08 Å². The summed E-state index contributed by atoms with van der Waals surface area (Å²) in [7, 11) is 1.52. The molecule has 0 saturated carbocycles. The minimum absolute atomic E-state index is 0.0523. The van der Waals surface area contributed by atoms with E-state index in [0.717, 1.165) is 19.4 Å². The molecule has 2 saturated heterocycles. The number of ether oxygens (including phenoxy) is 1. The van der Waals surface area contributed by atoms with Gasteiger partial charge in [-0.1, -0.05) is 0 Å². The van der Waals surface area contributed by atoms with Crippen molar-refractivity contribution in [3.05, 3.63) is 42.5 Å². The Morgan fingerprint density at radius 1 is 1.28 bits per heavy atom. The summed E-state index contributed by atoms with van der Waals surface area (Å²) in [5.74, 6) is 0.159. The van der Waals surface area contributed by atoms with E-state index in [9.17, 15) is 4.79 Å². The van der Waals surface area contributed by atoms with Gasteiger partial charge in [0.15, 0.2) is 0 Å². The van der Waals surface area contributed by atoms with Gasteiger partial charge >= 0.3 is 156 Å². The number of carbonyl (C=O) groups excluding carboxylic acids is 1. The second-order valence-electron chi connectivity index (χ2n) is 8.55. The minimum atomic E-state index is -2.04. The van der Waals surface area contributed by atoms with E-state index >= 15 is 0 Å². The molecule has 0 aliphatic carbocycles. The molecule has 136 valence electrons. The molecule has 4 atom stereocenters. The molecular formula is C21H31NO2Sn. The summed E-state index contributed by atoms with van der Waals surface area (Å²) >= 11 is -2.04. The Balaban J connectivity index is 1.92. The van der Waals surface area contributed by atoms with Gasteiger partial charge in [0, 0.05) is 0 Å². The van der Waals surface area contributed by atoms with E-state index in [1.165, 1.54) is 19.1 Å². The SMILES string of the molecule is C=CCN1C2CCC1C(C(=O)OC)C(c1cc[c]([Sn]([CH3])([CH3])[CH3])cc1)C2. The zero-order valence-corrected chi connectivity index (χ0v) is 18.8. The van der Waals surface area contributed by atoms with Crippen LogP contribution in [0.15, 0.2) is 36.9 Å². The van der Waals surface area contributed by atoms with Crippen LogP contribution in [0, 0.1) is 5.92 Å². The number of hydrogen-bond acceptors (Lipinski definition) is 3. The van der Waals surface area contributed by atoms with Crippen molar-refractivity contribution in [1.29, 1.82) is 0 Å².